The number of carbonyl (C=O) groups excluding carboxylic acids is 1. The molecule has 0 radical (unpaired) electrons. The molecule has 0 atom stereocenters. The summed E-state index contributed by atoms with van der Waals surface area (Å²) in [7, 11) is 3.71. The Labute approximate surface area is 208 Å². The first-order valence-electron chi connectivity index (χ1n) is 12.2. The van der Waals surface area contributed by atoms with Gasteiger partial charge in [0.2, 0.25) is 5.91 Å². The molecule has 0 spiro atoms. The van der Waals surface area contributed by atoms with E-state index < -0.39 is 0 Å². The molecule has 0 N–H and O–H groups in total. The average Bonchev–Trinajstić information content (AvgIpc) is 2.86. The van der Waals surface area contributed by atoms with Crippen LogP contribution in [-0.2, 0) is 11.3 Å². The summed E-state index contributed by atoms with van der Waals surface area (Å²) in [5.41, 5.74) is 3.27. The van der Waals surface area contributed by atoms with Crippen molar-refractivity contribution in [2.75, 3.05) is 45.2 Å². The summed E-state index contributed by atoms with van der Waals surface area (Å²) in [4.78, 5) is 29.0. The topological polar surface area (TPSA) is 61.8 Å². The minimum absolute atomic E-state index is 0.0958. The zero-order valence-electron chi connectivity index (χ0n) is 20.8. The summed E-state index contributed by atoms with van der Waals surface area (Å²) in [6.07, 6.45) is 7.31. The van der Waals surface area contributed by atoms with E-state index in [-0.39, 0.29) is 5.92 Å². The van der Waals surface area contributed by atoms with Crippen molar-refractivity contribution in [1.29, 1.82) is 0 Å². The third kappa shape index (κ3) is 5.47. The molecular formula is C26H36ClN5O2. The Balaban J connectivity index is 1.26. The number of amides is 1. The largest absolute Gasteiger partial charge is 0.496 e. The first-order chi connectivity index (χ1) is 16.4. The summed E-state index contributed by atoms with van der Waals surface area (Å²) < 4.78 is 5.56. The van der Waals surface area contributed by atoms with Crippen LogP contribution in [0.3, 0.4) is 0 Å². The van der Waals surface area contributed by atoms with E-state index in [2.05, 4.69) is 26.7 Å². The van der Waals surface area contributed by atoms with Crippen LogP contribution in [-0.4, -0.2) is 72.1 Å². The number of likely N-dealkylation sites (tertiary alicyclic amines) is 1. The molecule has 4 rings (SSSR count). The number of pyridine rings is 2. The van der Waals surface area contributed by atoms with Crippen molar-refractivity contribution in [2.24, 2.45) is 5.92 Å². The van der Waals surface area contributed by atoms with E-state index in [0.29, 0.717) is 17.0 Å². The zero-order chi connectivity index (χ0) is 24.2. The molecular weight excluding hydrogens is 450 g/mol. The highest BCUT2D eigenvalue weighted by molar-refractivity contribution is 6.30. The first kappa shape index (κ1) is 24.7. The van der Waals surface area contributed by atoms with Gasteiger partial charge < -0.3 is 14.5 Å². The van der Waals surface area contributed by atoms with Crippen molar-refractivity contribution in [3.8, 4) is 5.75 Å². The van der Waals surface area contributed by atoms with E-state index in [1.54, 1.807) is 13.3 Å². The van der Waals surface area contributed by atoms with Gasteiger partial charge >= 0.3 is 0 Å². The van der Waals surface area contributed by atoms with Crippen LogP contribution in [0.2, 0.25) is 5.02 Å². The van der Waals surface area contributed by atoms with Gasteiger partial charge in [-0.3, -0.25) is 14.7 Å². The van der Waals surface area contributed by atoms with Gasteiger partial charge in [0, 0.05) is 75.3 Å². The van der Waals surface area contributed by atoms with Crippen LogP contribution in [0, 0.1) is 19.8 Å². The molecule has 1 amide bonds. The lowest BCUT2D eigenvalue weighted by atomic mass is 9.93. The molecule has 34 heavy (non-hydrogen) atoms. The Hall–Kier alpha value is -2.38. The number of anilines is 1. The number of piperidine rings is 2. The molecule has 7 nitrogen and oxygen atoms in total. The van der Waals surface area contributed by atoms with Gasteiger partial charge in [0.05, 0.1) is 17.8 Å². The lowest BCUT2D eigenvalue weighted by molar-refractivity contribution is -0.137. The van der Waals surface area contributed by atoms with E-state index >= 15 is 0 Å². The van der Waals surface area contributed by atoms with Gasteiger partial charge in [-0.05, 0) is 51.7 Å². The Morgan fingerprint density at radius 2 is 1.79 bits per heavy atom. The summed E-state index contributed by atoms with van der Waals surface area (Å²) in [6.45, 7) is 8.58. The third-order valence-electron chi connectivity index (χ3n) is 7.46. The van der Waals surface area contributed by atoms with Crippen LogP contribution in [0.15, 0.2) is 24.5 Å². The fraction of sp³-hybridized carbons (Fsp3) is 0.577. The van der Waals surface area contributed by atoms with Crippen LogP contribution in [0.4, 0.5) is 5.82 Å². The summed E-state index contributed by atoms with van der Waals surface area (Å²) in [6, 6.07) is 4.13. The number of hydrogen-bond acceptors (Lipinski definition) is 6. The Morgan fingerprint density at radius 1 is 1.09 bits per heavy atom. The van der Waals surface area contributed by atoms with Gasteiger partial charge in [-0.25, -0.2) is 4.98 Å². The second kappa shape index (κ2) is 10.9. The maximum atomic E-state index is 13.2. The van der Waals surface area contributed by atoms with Crippen molar-refractivity contribution < 1.29 is 9.53 Å². The zero-order valence-corrected chi connectivity index (χ0v) is 21.5. The van der Waals surface area contributed by atoms with Gasteiger partial charge in [-0.1, -0.05) is 11.6 Å². The van der Waals surface area contributed by atoms with E-state index in [9.17, 15) is 4.79 Å². The Morgan fingerprint density at radius 3 is 2.41 bits per heavy atom. The maximum Gasteiger partial charge on any atom is 0.225 e. The number of hydrogen-bond donors (Lipinski definition) is 0. The minimum atomic E-state index is 0.0958. The van der Waals surface area contributed by atoms with Crippen LogP contribution < -0.4 is 9.64 Å². The van der Waals surface area contributed by atoms with Crippen molar-refractivity contribution >= 4 is 23.3 Å². The molecule has 2 saturated heterocycles. The number of carbonyl (C=O) groups is 1. The first-order valence-corrected chi connectivity index (χ1v) is 12.6. The van der Waals surface area contributed by atoms with Gasteiger partial charge in [0.15, 0.2) is 0 Å². The van der Waals surface area contributed by atoms with Crippen LogP contribution in [0.5, 0.6) is 5.75 Å². The highest BCUT2D eigenvalue weighted by atomic mass is 35.5. The molecule has 0 aliphatic carbocycles. The summed E-state index contributed by atoms with van der Waals surface area (Å²) in [5.74, 6) is 2.26. The van der Waals surface area contributed by atoms with E-state index in [0.717, 1.165) is 86.8 Å². The normalized spacial score (nSPS) is 18.2. The fourth-order valence-electron chi connectivity index (χ4n) is 5.29. The van der Waals surface area contributed by atoms with E-state index in [1.807, 2.05) is 37.2 Å². The molecule has 2 aromatic rings. The third-order valence-corrected chi connectivity index (χ3v) is 7.68. The molecule has 8 heteroatoms. The molecule has 2 aromatic heterocycles. The number of rotatable bonds is 6. The lowest BCUT2D eigenvalue weighted by Crippen LogP contribution is -2.49. The van der Waals surface area contributed by atoms with Crippen molar-refractivity contribution in [2.45, 2.75) is 52.1 Å². The van der Waals surface area contributed by atoms with Gasteiger partial charge in [0.25, 0.3) is 0 Å². The molecule has 2 aliphatic rings. The highest BCUT2D eigenvalue weighted by Gasteiger charge is 2.32. The van der Waals surface area contributed by atoms with E-state index in [4.69, 9.17) is 16.3 Å². The predicted molar refractivity (Wildman–Crippen MR) is 136 cm³/mol. The van der Waals surface area contributed by atoms with E-state index in [1.165, 1.54) is 0 Å². The van der Waals surface area contributed by atoms with Crippen molar-refractivity contribution in [3.05, 3.63) is 46.4 Å². The number of methoxy groups -OCH3 is 1. The summed E-state index contributed by atoms with van der Waals surface area (Å²) in [5, 5.41) is 0.645. The number of nitrogens with zero attached hydrogens (tertiary/aromatic N) is 5. The van der Waals surface area contributed by atoms with Gasteiger partial charge in [-0.15, -0.1) is 0 Å². The predicted octanol–water partition coefficient (Wildman–Crippen LogP) is 4.09. The fourth-order valence-corrected chi connectivity index (χ4v) is 5.40. The van der Waals surface area contributed by atoms with Gasteiger partial charge in [0.1, 0.15) is 11.6 Å². The molecule has 184 valence electrons. The smallest absolute Gasteiger partial charge is 0.225 e. The molecule has 0 saturated carbocycles. The molecule has 0 unspecified atom stereocenters. The lowest BCUT2D eigenvalue weighted by Gasteiger charge is -2.39. The SMILES string of the molecule is COc1c(C)cnc(CN2CCC(N(C)C(=O)C3CCN(c4ccc(Cl)cn4)CC3)CC2)c1C. The second-order valence-electron chi connectivity index (χ2n) is 9.60. The van der Waals surface area contributed by atoms with Crippen LogP contribution in [0.1, 0.15) is 42.5 Å². The number of ether oxygens (including phenoxy) is 1. The molecule has 4 heterocycles. The highest BCUT2D eigenvalue weighted by Crippen LogP contribution is 2.28. The second-order valence-corrected chi connectivity index (χ2v) is 10.0. The Kier molecular flexibility index (Phi) is 7.94. The van der Waals surface area contributed by atoms with Crippen LogP contribution >= 0.6 is 11.6 Å². The quantitative estimate of drug-likeness (QED) is 0.614. The molecule has 0 bridgehead atoms. The number of aromatic nitrogens is 2. The van der Waals surface area contributed by atoms with Gasteiger partial charge in [-0.2, -0.15) is 0 Å². The summed E-state index contributed by atoms with van der Waals surface area (Å²) >= 11 is 5.96. The maximum absolute atomic E-state index is 13.2. The molecule has 2 fully saturated rings. The van der Waals surface area contributed by atoms with Crippen LogP contribution in [0.25, 0.3) is 0 Å². The minimum Gasteiger partial charge on any atom is -0.496 e. The number of halogens is 1. The standard InChI is InChI=1S/C26H36ClN5O2/c1-18-15-28-23(19(2)25(18)34-4)17-31-11-9-22(10-12-31)30(3)26(33)20-7-13-32(14-8-20)24-6-5-21(27)16-29-24/h5-6,15-16,20,22H,7-14,17H2,1-4H3. The molecule has 0 aromatic carbocycles. The van der Waals surface area contributed by atoms with Crippen molar-refractivity contribution in [3.63, 3.8) is 0 Å². The van der Waals surface area contributed by atoms with Crippen molar-refractivity contribution in [1.82, 2.24) is 19.8 Å². The Bertz CT molecular complexity index is 983. The molecule has 2 aliphatic heterocycles. The number of aryl methyl sites for hydroxylation is 1. The average molecular weight is 486 g/mol. The monoisotopic (exact) mass is 485 g/mol.